The van der Waals surface area contributed by atoms with Crippen LogP contribution in [0.4, 0.5) is 26.3 Å². The van der Waals surface area contributed by atoms with Gasteiger partial charge < -0.3 is 4.84 Å². The van der Waals surface area contributed by atoms with Gasteiger partial charge in [0.15, 0.2) is 0 Å². The van der Waals surface area contributed by atoms with Gasteiger partial charge in [0.1, 0.15) is 7.11 Å². The quantitative estimate of drug-likeness (QED) is 0.312. The van der Waals surface area contributed by atoms with Gasteiger partial charge in [0, 0.05) is 11.8 Å². The van der Waals surface area contributed by atoms with Crippen LogP contribution in [0.5, 0.6) is 0 Å². The molecular weight excluding hydrogens is 384 g/mol. The van der Waals surface area contributed by atoms with Crippen LogP contribution in [0.15, 0.2) is 53.7 Å². The minimum absolute atomic E-state index is 0.0656. The van der Waals surface area contributed by atoms with E-state index in [2.05, 4.69) is 5.16 Å². The van der Waals surface area contributed by atoms with Crippen LogP contribution < -0.4 is 0 Å². The summed E-state index contributed by atoms with van der Waals surface area (Å²) in [6.07, 6.45) is -9.20. The van der Waals surface area contributed by atoms with Crippen LogP contribution in [0.1, 0.15) is 47.9 Å². The molecule has 0 aliphatic carbocycles. The van der Waals surface area contributed by atoms with Crippen LogP contribution in [0.3, 0.4) is 0 Å². The summed E-state index contributed by atoms with van der Waals surface area (Å²) < 4.78 is 80.3. The molecule has 2 nitrogen and oxygen atoms in total. The number of oxime groups is 1. The first kappa shape index (κ1) is 21.8. The van der Waals surface area contributed by atoms with Crippen molar-refractivity contribution in [3.8, 4) is 0 Å². The molecule has 0 saturated carbocycles. The van der Waals surface area contributed by atoms with Gasteiger partial charge in [-0.1, -0.05) is 55.4 Å². The number of halogens is 6. The monoisotopic (exact) mass is 403 g/mol. The molecule has 8 heteroatoms. The van der Waals surface area contributed by atoms with E-state index in [1.165, 1.54) is 57.4 Å². The Morgan fingerprint density at radius 2 is 1.11 bits per heavy atom. The summed E-state index contributed by atoms with van der Waals surface area (Å²) in [6, 6.07) is 9.86. The number of hydrogen-bond acceptors (Lipinski definition) is 2. The van der Waals surface area contributed by atoms with Gasteiger partial charge in [-0.15, -0.1) is 0 Å². The summed E-state index contributed by atoms with van der Waals surface area (Å²) in [5.41, 5.74) is -1.81. The van der Waals surface area contributed by atoms with Crippen molar-refractivity contribution in [3.05, 3.63) is 70.8 Å². The Labute approximate surface area is 158 Å². The van der Waals surface area contributed by atoms with Crippen molar-refractivity contribution in [1.82, 2.24) is 0 Å². The van der Waals surface area contributed by atoms with Gasteiger partial charge in [-0.05, 0) is 23.3 Å². The van der Waals surface area contributed by atoms with Gasteiger partial charge in [-0.2, -0.15) is 26.3 Å². The molecule has 0 spiro atoms. The van der Waals surface area contributed by atoms with Crippen LogP contribution in [-0.4, -0.2) is 12.8 Å². The summed E-state index contributed by atoms with van der Waals surface area (Å²) >= 11 is 0. The summed E-state index contributed by atoms with van der Waals surface area (Å²) in [5.74, 6) is -1.84. The van der Waals surface area contributed by atoms with Crippen LogP contribution in [0, 0.1) is 0 Å². The Morgan fingerprint density at radius 1 is 0.750 bits per heavy atom. The van der Waals surface area contributed by atoms with E-state index >= 15 is 0 Å². The summed E-state index contributed by atoms with van der Waals surface area (Å²) in [7, 11) is 1.20. The normalized spacial score (nSPS) is 14.3. The highest BCUT2D eigenvalue weighted by Crippen LogP contribution is 2.40. The third-order valence-electron chi connectivity index (χ3n) is 4.55. The summed E-state index contributed by atoms with van der Waals surface area (Å²) in [4.78, 5) is 4.77. The van der Waals surface area contributed by atoms with Crippen molar-refractivity contribution in [1.29, 1.82) is 0 Å². The number of rotatable bonds is 5. The predicted octanol–water partition coefficient (Wildman–Crippen LogP) is 6.63. The largest absolute Gasteiger partial charge is 0.416 e. The average molecular weight is 403 g/mol. The Hall–Kier alpha value is -2.51. The van der Waals surface area contributed by atoms with E-state index in [9.17, 15) is 26.3 Å². The van der Waals surface area contributed by atoms with E-state index in [4.69, 9.17) is 4.84 Å². The fourth-order valence-electron chi connectivity index (χ4n) is 3.22. The third kappa shape index (κ3) is 4.66. The third-order valence-corrected chi connectivity index (χ3v) is 4.55. The van der Waals surface area contributed by atoms with Crippen LogP contribution in [0.25, 0.3) is 0 Å². The van der Waals surface area contributed by atoms with Gasteiger partial charge in [0.05, 0.1) is 16.8 Å². The minimum Gasteiger partial charge on any atom is -0.399 e. The summed E-state index contributed by atoms with van der Waals surface area (Å²) in [5, 5.41) is 3.81. The lowest BCUT2D eigenvalue weighted by Crippen LogP contribution is -2.23. The van der Waals surface area contributed by atoms with E-state index in [-0.39, 0.29) is 16.8 Å². The number of nitrogens with zero attached hydrogens (tertiary/aromatic N) is 1. The number of hydrogen-bond donors (Lipinski definition) is 0. The Morgan fingerprint density at radius 3 is 1.43 bits per heavy atom. The number of alkyl halides is 6. The fraction of sp³-hybridized carbons (Fsp3) is 0.350. The van der Waals surface area contributed by atoms with Crippen LogP contribution in [-0.2, 0) is 17.2 Å². The molecule has 2 aromatic rings. The van der Waals surface area contributed by atoms with Crippen LogP contribution >= 0.6 is 0 Å². The minimum atomic E-state index is -4.60. The van der Waals surface area contributed by atoms with Gasteiger partial charge >= 0.3 is 12.4 Å². The first-order chi connectivity index (χ1) is 13.0. The lowest BCUT2D eigenvalue weighted by molar-refractivity contribution is -0.139. The smallest absolute Gasteiger partial charge is 0.399 e. The zero-order valence-corrected chi connectivity index (χ0v) is 15.4. The molecule has 2 aromatic carbocycles. The zero-order valence-electron chi connectivity index (χ0n) is 15.4. The van der Waals surface area contributed by atoms with E-state index in [0.29, 0.717) is 0 Å². The van der Waals surface area contributed by atoms with E-state index in [0.717, 1.165) is 12.1 Å². The second-order valence-corrected chi connectivity index (χ2v) is 6.31. The fourth-order valence-corrected chi connectivity index (χ4v) is 3.22. The first-order valence-electron chi connectivity index (χ1n) is 8.41. The second kappa shape index (κ2) is 8.24. The average Bonchev–Trinajstić information content (AvgIpc) is 2.63. The van der Waals surface area contributed by atoms with Gasteiger partial charge in [-0.25, -0.2) is 0 Å². The van der Waals surface area contributed by atoms with Crippen molar-refractivity contribution in [2.75, 3.05) is 7.11 Å². The highest BCUT2D eigenvalue weighted by atomic mass is 19.4. The van der Waals surface area contributed by atoms with E-state index in [1.54, 1.807) is 0 Å². The molecular formula is C20H19F6NO. The zero-order chi connectivity index (χ0) is 21.1. The maximum absolute atomic E-state index is 13.4. The predicted molar refractivity (Wildman–Crippen MR) is 94.2 cm³/mol. The van der Waals surface area contributed by atoms with Crippen LogP contribution in [0.2, 0.25) is 0 Å². The molecule has 0 aliphatic heterocycles. The molecule has 0 bridgehead atoms. The number of benzene rings is 2. The SMILES string of the molecule is CON=C(C(C)c1ccccc1C(F)(F)F)C(C)c1ccccc1C(F)(F)F. The molecule has 2 atom stereocenters. The molecule has 2 unspecified atom stereocenters. The maximum Gasteiger partial charge on any atom is 0.416 e. The molecule has 0 aromatic heterocycles. The lowest BCUT2D eigenvalue weighted by atomic mass is 9.82. The standard InChI is InChI=1S/C20H19F6NO/c1-12(14-8-4-6-10-16(14)19(21,22)23)18(27-28-3)13(2)15-9-5-7-11-17(15)20(24,25)26/h4-13H,1-3H3. The molecule has 2 rings (SSSR count). The summed E-state index contributed by atoms with van der Waals surface area (Å²) in [6.45, 7) is 2.93. The topological polar surface area (TPSA) is 21.6 Å². The van der Waals surface area contributed by atoms with Crippen molar-refractivity contribution in [2.24, 2.45) is 5.16 Å². The lowest BCUT2D eigenvalue weighted by Gasteiger charge is -2.25. The first-order valence-corrected chi connectivity index (χ1v) is 8.41. The van der Waals surface area contributed by atoms with E-state index < -0.39 is 35.3 Å². The molecule has 152 valence electrons. The highest BCUT2D eigenvalue weighted by molar-refractivity contribution is 5.96. The second-order valence-electron chi connectivity index (χ2n) is 6.31. The van der Waals surface area contributed by atoms with E-state index in [1.807, 2.05) is 0 Å². The van der Waals surface area contributed by atoms with Crippen molar-refractivity contribution < 1.29 is 31.2 Å². The molecule has 0 N–H and O–H groups in total. The van der Waals surface area contributed by atoms with Gasteiger partial charge in [-0.3, -0.25) is 0 Å². The van der Waals surface area contributed by atoms with Crippen molar-refractivity contribution in [3.63, 3.8) is 0 Å². The Bertz CT molecular complexity index is 776. The molecule has 0 heterocycles. The van der Waals surface area contributed by atoms with Crippen molar-refractivity contribution >= 4 is 5.71 Å². The molecule has 28 heavy (non-hydrogen) atoms. The molecule has 0 saturated heterocycles. The molecule has 0 radical (unpaired) electrons. The molecule has 0 amide bonds. The highest BCUT2D eigenvalue weighted by Gasteiger charge is 2.38. The molecule has 0 fully saturated rings. The maximum atomic E-state index is 13.4. The molecule has 0 aliphatic rings. The van der Waals surface area contributed by atoms with Crippen molar-refractivity contribution in [2.45, 2.75) is 38.0 Å². The van der Waals surface area contributed by atoms with Gasteiger partial charge in [0.2, 0.25) is 0 Å². The Balaban J connectivity index is 2.56. The van der Waals surface area contributed by atoms with Gasteiger partial charge in [0.25, 0.3) is 0 Å². The Kier molecular flexibility index (Phi) is 6.41.